The number of alkyl halides is 4. The molecule has 0 fully saturated rings. The summed E-state index contributed by atoms with van der Waals surface area (Å²) in [5.41, 5.74) is -0.121. The van der Waals surface area contributed by atoms with E-state index >= 15 is 0 Å². The Morgan fingerprint density at radius 3 is 2.25 bits per heavy atom. The largest absolute Gasteiger partial charge is 0.326 e. The maximum atomic E-state index is 13.2. The number of nitrogens with one attached hydrogen (secondary N) is 1. The lowest BCUT2D eigenvalue weighted by Crippen LogP contribution is -2.41. The predicted octanol–water partition coefficient (Wildman–Crippen LogP) is 4.22. The Balaban J connectivity index is 3.12. The van der Waals surface area contributed by atoms with E-state index in [1.165, 1.54) is 0 Å². The molecule has 0 aromatic carbocycles. The van der Waals surface area contributed by atoms with Gasteiger partial charge in [0.25, 0.3) is 0 Å². The minimum absolute atomic E-state index is 0.0234. The SMILES string of the molecule is CNC(c1cc(Cl)sc1Cl)C(F)(F)C(F)F. The normalized spacial score (nSPS) is 14.5. The van der Waals surface area contributed by atoms with Gasteiger partial charge < -0.3 is 5.32 Å². The highest BCUT2D eigenvalue weighted by Crippen LogP contribution is 2.43. The van der Waals surface area contributed by atoms with Crippen LogP contribution in [0.2, 0.25) is 8.67 Å². The smallest absolute Gasteiger partial charge is 0.308 e. The first kappa shape index (κ1) is 14.0. The van der Waals surface area contributed by atoms with Crippen LogP contribution in [-0.4, -0.2) is 19.4 Å². The average molecular weight is 296 g/mol. The van der Waals surface area contributed by atoms with Crippen molar-refractivity contribution in [1.82, 2.24) is 5.32 Å². The van der Waals surface area contributed by atoms with Crippen LogP contribution in [0.3, 0.4) is 0 Å². The molecule has 0 radical (unpaired) electrons. The van der Waals surface area contributed by atoms with Crippen LogP contribution in [0.25, 0.3) is 0 Å². The summed E-state index contributed by atoms with van der Waals surface area (Å²) in [5.74, 6) is -4.21. The molecule has 1 heterocycles. The Labute approximate surface area is 103 Å². The summed E-state index contributed by atoms with van der Waals surface area (Å²) in [6.07, 6.45) is -3.78. The molecule has 1 N–H and O–H groups in total. The van der Waals surface area contributed by atoms with Crippen molar-refractivity contribution in [1.29, 1.82) is 0 Å². The number of hydrogen-bond donors (Lipinski definition) is 1. The monoisotopic (exact) mass is 295 g/mol. The molecule has 1 rings (SSSR count). The highest BCUT2D eigenvalue weighted by molar-refractivity contribution is 7.20. The van der Waals surface area contributed by atoms with Gasteiger partial charge in [-0.2, -0.15) is 8.78 Å². The molecule has 0 saturated heterocycles. The van der Waals surface area contributed by atoms with E-state index in [9.17, 15) is 17.6 Å². The third-order valence-electron chi connectivity index (χ3n) is 1.96. The highest BCUT2D eigenvalue weighted by atomic mass is 35.5. The molecular formula is C8H7Cl2F4NS. The van der Waals surface area contributed by atoms with E-state index in [0.717, 1.165) is 24.5 Å². The molecule has 1 aromatic rings. The van der Waals surface area contributed by atoms with Crippen molar-refractivity contribution in [2.75, 3.05) is 7.05 Å². The van der Waals surface area contributed by atoms with Crippen molar-refractivity contribution < 1.29 is 17.6 Å². The quantitative estimate of drug-likeness (QED) is 0.820. The number of halogens is 6. The molecular weight excluding hydrogens is 289 g/mol. The molecule has 1 unspecified atom stereocenters. The molecule has 0 aliphatic carbocycles. The van der Waals surface area contributed by atoms with Gasteiger partial charge in [-0.15, -0.1) is 11.3 Å². The molecule has 1 atom stereocenters. The molecule has 0 aliphatic rings. The molecule has 1 aromatic heterocycles. The maximum Gasteiger partial charge on any atom is 0.326 e. The fraction of sp³-hybridized carbons (Fsp3) is 0.500. The minimum Gasteiger partial charge on any atom is -0.308 e. The second-order valence-electron chi connectivity index (χ2n) is 2.98. The Kier molecular flexibility index (Phi) is 4.45. The van der Waals surface area contributed by atoms with Gasteiger partial charge in [0.1, 0.15) is 6.04 Å². The first-order chi connectivity index (χ1) is 7.30. The van der Waals surface area contributed by atoms with Crippen molar-refractivity contribution >= 4 is 34.5 Å². The fourth-order valence-electron chi connectivity index (χ4n) is 1.23. The van der Waals surface area contributed by atoms with Crippen molar-refractivity contribution in [2.45, 2.75) is 18.4 Å². The summed E-state index contributed by atoms with van der Waals surface area (Å²) < 4.78 is 50.9. The van der Waals surface area contributed by atoms with Crippen LogP contribution >= 0.6 is 34.5 Å². The van der Waals surface area contributed by atoms with E-state index < -0.39 is 18.4 Å². The van der Waals surface area contributed by atoms with Crippen molar-refractivity contribution in [3.63, 3.8) is 0 Å². The van der Waals surface area contributed by atoms with E-state index in [0.29, 0.717) is 0 Å². The van der Waals surface area contributed by atoms with E-state index in [-0.39, 0.29) is 14.2 Å². The second kappa shape index (κ2) is 5.08. The lowest BCUT2D eigenvalue weighted by Gasteiger charge is -2.25. The number of rotatable bonds is 4. The average Bonchev–Trinajstić information content (AvgIpc) is 2.46. The summed E-state index contributed by atoms with van der Waals surface area (Å²) in [6, 6.07) is -0.699. The van der Waals surface area contributed by atoms with Gasteiger partial charge in [-0.3, -0.25) is 0 Å². The minimum atomic E-state index is -4.21. The third kappa shape index (κ3) is 2.61. The van der Waals surface area contributed by atoms with Gasteiger partial charge in [-0.05, 0) is 13.1 Å². The Morgan fingerprint density at radius 2 is 1.94 bits per heavy atom. The van der Waals surface area contributed by atoms with Gasteiger partial charge >= 0.3 is 12.3 Å². The van der Waals surface area contributed by atoms with Gasteiger partial charge in [-0.1, -0.05) is 23.2 Å². The first-order valence-corrected chi connectivity index (χ1v) is 5.66. The van der Waals surface area contributed by atoms with Crippen LogP contribution < -0.4 is 5.32 Å². The molecule has 92 valence electrons. The molecule has 0 spiro atoms. The molecule has 16 heavy (non-hydrogen) atoms. The molecule has 0 aliphatic heterocycles. The Bertz CT molecular complexity index is 369. The van der Waals surface area contributed by atoms with Crippen LogP contribution in [0.1, 0.15) is 11.6 Å². The van der Waals surface area contributed by atoms with Gasteiger partial charge in [0.05, 0.1) is 8.67 Å². The van der Waals surface area contributed by atoms with E-state index in [1.807, 2.05) is 0 Å². The van der Waals surface area contributed by atoms with E-state index in [2.05, 4.69) is 5.32 Å². The summed E-state index contributed by atoms with van der Waals surface area (Å²) in [6.45, 7) is 0. The van der Waals surface area contributed by atoms with Crippen molar-refractivity contribution in [3.05, 3.63) is 20.3 Å². The van der Waals surface area contributed by atoms with Crippen LogP contribution in [0.5, 0.6) is 0 Å². The lowest BCUT2D eigenvalue weighted by atomic mass is 10.0. The predicted molar refractivity (Wildman–Crippen MR) is 57.1 cm³/mol. The molecule has 1 nitrogen and oxygen atoms in total. The van der Waals surface area contributed by atoms with Gasteiger partial charge in [0.2, 0.25) is 0 Å². The van der Waals surface area contributed by atoms with Crippen LogP contribution in [0.4, 0.5) is 17.6 Å². The standard InChI is InChI=1S/C8H7Cl2F4NS/c1-15-5(8(13,14)7(11)12)3-2-4(9)16-6(3)10/h2,5,7,15H,1H3. The summed E-state index contributed by atoms with van der Waals surface area (Å²) in [7, 11) is 1.16. The zero-order valence-corrected chi connectivity index (χ0v) is 10.2. The van der Waals surface area contributed by atoms with Gasteiger partial charge in [0.15, 0.2) is 0 Å². The molecule has 0 saturated carbocycles. The van der Waals surface area contributed by atoms with E-state index in [4.69, 9.17) is 23.2 Å². The summed E-state index contributed by atoms with van der Waals surface area (Å²) >= 11 is 12.1. The van der Waals surface area contributed by atoms with Crippen LogP contribution in [0.15, 0.2) is 6.07 Å². The summed E-state index contributed by atoms with van der Waals surface area (Å²) in [4.78, 5) is 0. The van der Waals surface area contributed by atoms with Crippen molar-refractivity contribution in [2.24, 2.45) is 0 Å². The first-order valence-electron chi connectivity index (χ1n) is 4.08. The van der Waals surface area contributed by atoms with E-state index in [1.54, 1.807) is 0 Å². The Hall–Kier alpha value is -0.0400. The number of thiophene rings is 1. The third-order valence-corrected chi connectivity index (χ3v) is 3.48. The van der Waals surface area contributed by atoms with Crippen LogP contribution in [0, 0.1) is 0 Å². The fourth-order valence-corrected chi connectivity index (χ4v) is 2.76. The molecule has 0 amide bonds. The van der Waals surface area contributed by atoms with Gasteiger partial charge in [0, 0.05) is 5.56 Å². The van der Waals surface area contributed by atoms with Crippen LogP contribution in [-0.2, 0) is 0 Å². The maximum absolute atomic E-state index is 13.2. The highest BCUT2D eigenvalue weighted by Gasteiger charge is 2.49. The van der Waals surface area contributed by atoms with Crippen molar-refractivity contribution in [3.8, 4) is 0 Å². The zero-order valence-electron chi connectivity index (χ0n) is 7.91. The molecule has 8 heteroatoms. The van der Waals surface area contributed by atoms with Gasteiger partial charge in [-0.25, -0.2) is 8.78 Å². The zero-order chi connectivity index (χ0) is 12.5. The number of hydrogen-bond acceptors (Lipinski definition) is 2. The topological polar surface area (TPSA) is 12.0 Å². The summed E-state index contributed by atoms with van der Waals surface area (Å²) in [5, 5.41) is 2.13. The lowest BCUT2D eigenvalue weighted by molar-refractivity contribution is -0.150. The molecule has 0 bridgehead atoms. The Morgan fingerprint density at radius 1 is 1.38 bits per heavy atom. The second-order valence-corrected chi connectivity index (χ2v) is 5.26.